The lowest BCUT2D eigenvalue weighted by atomic mass is 10.0. The third kappa shape index (κ3) is 3.85. The van der Waals surface area contributed by atoms with E-state index in [4.69, 9.17) is 25.0 Å². The summed E-state index contributed by atoms with van der Waals surface area (Å²) in [5.74, 6) is -0.990. The molecule has 0 aliphatic carbocycles. The highest BCUT2D eigenvalue weighted by atomic mass is 16.3. The predicted octanol–water partition coefficient (Wildman–Crippen LogP) is 8.44. The molecule has 0 atom stereocenters. The van der Waals surface area contributed by atoms with Crippen molar-refractivity contribution in [1.29, 1.82) is 0 Å². The van der Waals surface area contributed by atoms with Crippen LogP contribution in [-0.4, -0.2) is 15.0 Å². The van der Waals surface area contributed by atoms with Gasteiger partial charge in [-0.1, -0.05) is 109 Å². The SMILES string of the molecule is [2H]c1c([2H])c([2H])c(-c2ccc3c(c2)oc2cccc(-c4nc(-c5c([2H])c([2H])c([2H])c([2H])c5[2H])nc(-c5c([2H])c([2H])c([2H])c([2H])c5[2H])n4)c23)c([2H])c1[2H]. The second kappa shape index (κ2) is 8.85. The van der Waals surface area contributed by atoms with Gasteiger partial charge in [0.15, 0.2) is 17.5 Å². The molecule has 0 amide bonds. The van der Waals surface area contributed by atoms with Crippen molar-refractivity contribution >= 4 is 21.9 Å². The van der Waals surface area contributed by atoms with Gasteiger partial charge in [-0.3, -0.25) is 0 Å². The Labute approximate surface area is 235 Å². The summed E-state index contributed by atoms with van der Waals surface area (Å²) in [5.41, 5.74) is 0.287. The van der Waals surface area contributed by atoms with Crippen molar-refractivity contribution in [2.24, 2.45) is 0 Å². The van der Waals surface area contributed by atoms with Crippen LogP contribution >= 0.6 is 0 Å². The van der Waals surface area contributed by atoms with E-state index in [0.29, 0.717) is 16.4 Å². The van der Waals surface area contributed by atoms with E-state index in [1.165, 1.54) is 6.07 Å². The molecular formula is C33H21N3O. The Kier molecular flexibility index (Phi) is 2.60. The predicted molar refractivity (Wildman–Crippen MR) is 149 cm³/mol. The molecule has 0 saturated carbocycles. The van der Waals surface area contributed by atoms with Crippen molar-refractivity contribution in [1.82, 2.24) is 15.0 Å². The van der Waals surface area contributed by atoms with Crippen LogP contribution in [0.1, 0.15) is 20.6 Å². The van der Waals surface area contributed by atoms with Gasteiger partial charge in [0, 0.05) is 27.5 Å². The fourth-order valence-corrected chi connectivity index (χ4v) is 4.01. The van der Waals surface area contributed by atoms with Gasteiger partial charge in [-0.25, -0.2) is 15.0 Å². The smallest absolute Gasteiger partial charge is 0.164 e. The molecule has 0 aliphatic rings. The first-order chi connectivity index (χ1) is 24.5. The highest BCUT2D eigenvalue weighted by Crippen LogP contribution is 2.38. The molecule has 7 rings (SSSR count). The zero-order valence-electron chi connectivity index (χ0n) is 33.7. The van der Waals surface area contributed by atoms with Gasteiger partial charge < -0.3 is 4.42 Å². The van der Waals surface area contributed by atoms with Crippen LogP contribution in [-0.2, 0) is 0 Å². The fraction of sp³-hybridized carbons (Fsp3) is 0. The largest absolute Gasteiger partial charge is 0.456 e. The van der Waals surface area contributed by atoms with Crippen molar-refractivity contribution in [2.45, 2.75) is 0 Å². The number of furan rings is 1. The molecule has 0 spiro atoms. The molecule has 7 aromatic rings. The van der Waals surface area contributed by atoms with E-state index in [1.807, 2.05) is 0 Å². The van der Waals surface area contributed by atoms with E-state index in [2.05, 4.69) is 15.0 Å². The van der Waals surface area contributed by atoms with Crippen LogP contribution in [0.3, 0.4) is 0 Å². The molecule has 0 N–H and O–H groups in total. The van der Waals surface area contributed by atoms with Crippen LogP contribution < -0.4 is 0 Å². The third-order valence-electron chi connectivity index (χ3n) is 5.61. The van der Waals surface area contributed by atoms with E-state index in [-0.39, 0.29) is 28.1 Å². The number of rotatable bonds is 4. The summed E-state index contributed by atoms with van der Waals surface area (Å²) in [6, 6.07) is 0.710. The molecule has 2 aromatic heterocycles. The van der Waals surface area contributed by atoms with E-state index >= 15 is 0 Å². The number of aromatic nitrogens is 3. The standard InChI is InChI=1S/C33H21N3O/c1-4-11-22(12-5-1)25-19-20-26-29(21-25)37-28-18-10-17-27(30(26)28)33-35-31(23-13-6-2-7-14-23)34-32(36-33)24-15-8-3-9-16-24/h1-21H/i1D,2D,3D,4D,5D,6D,7D,8D,9D,11D,12D,13D,14D,15D,16D. The zero-order valence-corrected chi connectivity index (χ0v) is 18.7. The van der Waals surface area contributed by atoms with Gasteiger partial charge in [0.05, 0.1) is 20.6 Å². The van der Waals surface area contributed by atoms with Gasteiger partial charge in [0.25, 0.3) is 0 Å². The van der Waals surface area contributed by atoms with Crippen molar-refractivity contribution in [3.63, 3.8) is 0 Å². The Morgan fingerprint density at radius 3 is 1.70 bits per heavy atom. The Hall–Kier alpha value is -5.09. The molecule has 174 valence electrons. The van der Waals surface area contributed by atoms with Gasteiger partial charge >= 0.3 is 0 Å². The minimum Gasteiger partial charge on any atom is -0.456 e. The fourth-order valence-electron chi connectivity index (χ4n) is 4.01. The monoisotopic (exact) mass is 490 g/mol. The zero-order chi connectivity index (χ0) is 37.7. The molecule has 5 aromatic carbocycles. The summed E-state index contributed by atoms with van der Waals surface area (Å²) < 4.78 is 130. The molecule has 0 bridgehead atoms. The average molecular weight is 491 g/mol. The molecule has 4 heteroatoms. The second-order valence-corrected chi connectivity index (χ2v) is 7.80. The molecule has 0 radical (unpaired) electrons. The molecule has 0 aliphatic heterocycles. The molecule has 0 fully saturated rings. The van der Waals surface area contributed by atoms with E-state index < -0.39 is 113 Å². The quantitative estimate of drug-likeness (QED) is 0.248. The highest BCUT2D eigenvalue weighted by molar-refractivity contribution is 6.12. The highest BCUT2D eigenvalue weighted by Gasteiger charge is 2.18. The van der Waals surface area contributed by atoms with Crippen LogP contribution in [0.25, 0.3) is 67.2 Å². The first-order valence-electron chi connectivity index (χ1n) is 18.5. The van der Waals surface area contributed by atoms with Crippen LogP contribution in [0.5, 0.6) is 0 Å². The maximum absolute atomic E-state index is 8.57. The number of fused-ring (bicyclic) bond motifs is 3. The maximum atomic E-state index is 8.57. The van der Waals surface area contributed by atoms with E-state index in [9.17, 15) is 0 Å². The van der Waals surface area contributed by atoms with Crippen LogP contribution in [0.4, 0.5) is 0 Å². The Bertz CT molecular complexity index is 2540. The van der Waals surface area contributed by atoms with Crippen molar-refractivity contribution in [3.8, 4) is 45.3 Å². The Morgan fingerprint density at radius 2 is 1.08 bits per heavy atom. The lowest BCUT2D eigenvalue weighted by Crippen LogP contribution is -2.00. The molecular weight excluding hydrogens is 454 g/mol. The summed E-state index contributed by atoms with van der Waals surface area (Å²) in [6.45, 7) is 0. The summed E-state index contributed by atoms with van der Waals surface area (Å²) in [7, 11) is 0. The first-order valence-corrected chi connectivity index (χ1v) is 11.0. The molecule has 0 saturated heterocycles. The lowest BCUT2D eigenvalue weighted by molar-refractivity contribution is 0.669. The first kappa shape index (κ1) is 10.9. The average Bonchev–Trinajstić information content (AvgIpc) is 3.51. The summed E-state index contributed by atoms with van der Waals surface area (Å²) in [4.78, 5) is 13.3. The van der Waals surface area contributed by atoms with Gasteiger partial charge in [-0.2, -0.15) is 0 Å². The van der Waals surface area contributed by atoms with Crippen molar-refractivity contribution in [2.75, 3.05) is 0 Å². The lowest BCUT2D eigenvalue weighted by Gasteiger charge is -2.09. The minimum absolute atomic E-state index is 0.0300. The summed E-state index contributed by atoms with van der Waals surface area (Å²) in [6.07, 6.45) is 0. The summed E-state index contributed by atoms with van der Waals surface area (Å²) >= 11 is 0. The normalized spacial score (nSPS) is 16.9. The van der Waals surface area contributed by atoms with E-state index in [0.717, 1.165) is 0 Å². The van der Waals surface area contributed by atoms with Gasteiger partial charge in [0.2, 0.25) is 0 Å². The minimum atomic E-state index is -0.667. The summed E-state index contributed by atoms with van der Waals surface area (Å²) in [5, 5.41) is 0.909. The van der Waals surface area contributed by atoms with Crippen molar-refractivity contribution < 1.29 is 25.0 Å². The third-order valence-corrected chi connectivity index (χ3v) is 5.61. The van der Waals surface area contributed by atoms with Crippen LogP contribution in [0.2, 0.25) is 0 Å². The number of nitrogens with zero attached hydrogens (tertiary/aromatic N) is 3. The second-order valence-electron chi connectivity index (χ2n) is 7.80. The number of hydrogen-bond acceptors (Lipinski definition) is 4. The Balaban J connectivity index is 1.54. The molecule has 0 unspecified atom stereocenters. The van der Waals surface area contributed by atoms with E-state index in [1.54, 1.807) is 30.3 Å². The number of benzene rings is 5. The molecule has 4 nitrogen and oxygen atoms in total. The van der Waals surface area contributed by atoms with Gasteiger partial charge in [-0.05, 0) is 29.3 Å². The van der Waals surface area contributed by atoms with Gasteiger partial charge in [0.1, 0.15) is 11.2 Å². The van der Waals surface area contributed by atoms with Crippen LogP contribution in [0, 0.1) is 0 Å². The topological polar surface area (TPSA) is 51.8 Å². The Morgan fingerprint density at radius 1 is 0.514 bits per heavy atom. The maximum Gasteiger partial charge on any atom is 0.164 e. The molecule has 2 heterocycles. The number of hydrogen-bond donors (Lipinski definition) is 0. The van der Waals surface area contributed by atoms with Crippen LogP contribution in [0.15, 0.2) is 131 Å². The van der Waals surface area contributed by atoms with Gasteiger partial charge in [-0.15, -0.1) is 0 Å². The molecule has 37 heavy (non-hydrogen) atoms. The van der Waals surface area contributed by atoms with Crippen molar-refractivity contribution in [3.05, 3.63) is 127 Å².